The van der Waals surface area contributed by atoms with Gasteiger partial charge in [0.2, 0.25) is 0 Å². The summed E-state index contributed by atoms with van der Waals surface area (Å²) in [5.41, 5.74) is 0. The summed E-state index contributed by atoms with van der Waals surface area (Å²) in [5, 5.41) is 0. The number of rotatable bonds is 48. The van der Waals surface area contributed by atoms with E-state index in [1.807, 2.05) is 30.4 Å². The first-order chi connectivity index (χ1) is 30.5. The maximum absolute atomic E-state index is 12.8. The summed E-state index contributed by atoms with van der Waals surface area (Å²) in [6.45, 7) is 6.49. The van der Waals surface area contributed by atoms with Crippen LogP contribution < -0.4 is 0 Å². The van der Waals surface area contributed by atoms with Gasteiger partial charge in [0.05, 0.1) is 0 Å². The van der Waals surface area contributed by atoms with Crippen LogP contribution in [0.15, 0.2) is 48.6 Å². The second-order valence-corrected chi connectivity index (χ2v) is 17.9. The van der Waals surface area contributed by atoms with Gasteiger partial charge in [0.15, 0.2) is 6.10 Å². The molecular formula is C56H100O6. The minimum atomic E-state index is -0.784. The topological polar surface area (TPSA) is 78.9 Å². The molecular weight excluding hydrogens is 769 g/mol. The molecule has 0 aliphatic heterocycles. The van der Waals surface area contributed by atoms with Crippen molar-refractivity contribution in [3.05, 3.63) is 48.6 Å². The number of unbranched alkanes of at least 4 members (excludes halogenated alkanes) is 32. The van der Waals surface area contributed by atoms with Crippen LogP contribution >= 0.6 is 0 Å². The van der Waals surface area contributed by atoms with Crippen molar-refractivity contribution in [2.24, 2.45) is 0 Å². The van der Waals surface area contributed by atoms with Gasteiger partial charge in [-0.25, -0.2) is 0 Å². The third-order valence-electron chi connectivity index (χ3n) is 11.7. The molecule has 360 valence electrons. The Kier molecular flexibility index (Phi) is 48.8. The van der Waals surface area contributed by atoms with Gasteiger partial charge in [-0.05, 0) is 38.5 Å². The Bertz CT molecular complexity index is 1090. The SMILES string of the molecule is CC\C=C/C=C\C=C/C=C\CCCCCC(=O)OCC(COC(=O)CCCCCCCCCCCCCCCCCCC)OC(=O)CCCCCCCCCCCCCCCC. The highest BCUT2D eigenvalue weighted by Gasteiger charge is 2.19. The highest BCUT2D eigenvalue weighted by molar-refractivity contribution is 5.71. The predicted molar refractivity (Wildman–Crippen MR) is 265 cm³/mol. The van der Waals surface area contributed by atoms with Crippen LogP contribution in [0.4, 0.5) is 0 Å². The van der Waals surface area contributed by atoms with Gasteiger partial charge in [0.1, 0.15) is 13.2 Å². The van der Waals surface area contributed by atoms with Crippen LogP contribution in [0.3, 0.4) is 0 Å². The Hall–Kier alpha value is -2.63. The van der Waals surface area contributed by atoms with E-state index in [0.717, 1.165) is 70.6 Å². The zero-order chi connectivity index (χ0) is 45.1. The fourth-order valence-corrected chi connectivity index (χ4v) is 7.69. The molecule has 0 aromatic heterocycles. The van der Waals surface area contributed by atoms with Gasteiger partial charge in [-0.15, -0.1) is 0 Å². The highest BCUT2D eigenvalue weighted by Crippen LogP contribution is 2.16. The molecule has 0 radical (unpaired) electrons. The fourth-order valence-electron chi connectivity index (χ4n) is 7.69. The summed E-state index contributed by atoms with van der Waals surface area (Å²) >= 11 is 0. The maximum Gasteiger partial charge on any atom is 0.306 e. The maximum atomic E-state index is 12.8. The van der Waals surface area contributed by atoms with E-state index in [0.29, 0.717) is 19.3 Å². The van der Waals surface area contributed by atoms with Gasteiger partial charge in [-0.1, -0.05) is 262 Å². The number of hydrogen-bond donors (Lipinski definition) is 0. The lowest BCUT2D eigenvalue weighted by atomic mass is 10.0. The van der Waals surface area contributed by atoms with Gasteiger partial charge < -0.3 is 14.2 Å². The standard InChI is InChI=1S/C56H100O6/c1-4-7-10-13-16-19-22-25-27-28-29-32-34-37-40-43-46-49-55(58)61-52-53(51-60-54(57)48-45-42-39-36-33-30-24-21-18-15-12-9-6-3)62-56(59)50-47-44-41-38-35-31-26-23-20-17-14-11-8-5-2/h9,12,15,18,21,24,30,33,53H,4-8,10-11,13-14,16-17,19-20,22-23,25-29,31-32,34-52H2,1-3H3/b12-9-,18-15-,24-21-,33-30-. The summed E-state index contributed by atoms with van der Waals surface area (Å²) in [7, 11) is 0. The molecule has 0 fully saturated rings. The smallest absolute Gasteiger partial charge is 0.306 e. The van der Waals surface area contributed by atoms with Crippen LogP contribution in [-0.2, 0) is 28.6 Å². The second kappa shape index (κ2) is 51.0. The van der Waals surface area contributed by atoms with Crippen LogP contribution in [0.25, 0.3) is 0 Å². The van der Waals surface area contributed by atoms with Gasteiger partial charge in [-0.3, -0.25) is 14.4 Å². The van der Waals surface area contributed by atoms with Gasteiger partial charge in [-0.2, -0.15) is 0 Å². The average molecular weight is 869 g/mol. The quantitative estimate of drug-likeness (QED) is 0.0262. The van der Waals surface area contributed by atoms with Gasteiger partial charge >= 0.3 is 17.9 Å². The van der Waals surface area contributed by atoms with Crippen molar-refractivity contribution in [1.29, 1.82) is 0 Å². The molecule has 0 saturated heterocycles. The minimum absolute atomic E-state index is 0.0818. The monoisotopic (exact) mass is 869 g/mol. The molecule has 0 heterocycles. The van der Waals surface area contributed by atoms with Crippen molar-refractivity contribution >= 4 is 17.9 Å². The summed E-state index contributed by atoms with van der Waals surface area (Å²) < 4.78 is 16.8. The van der Waals surface area contributed by atoms with Crippen LogP contribution in [0.1, 0.15) is 271 Å². The molecule has 6 heteroatoms. The predicted octanol–water partition coefficient (Wildman–Crippen LogP) is 17.5. The molecule has 0 bridgehead atoms. The van der Waals surface area contributed by atoms with Crippen molar-refractivity contribution < 1.29 is 28.6 Å². The number of esters is 3. The number of allylic oxidation sites excluding steroid dienone is 8. The van der Waals surface area contributed by atoms with E-state index in [9.17, 15) is 14.4 Å². The minimum Gasteiger partial charge on any atom is -0.462 e. The van der Waals surface area contributed by atoms with E-state index in [4.69, 9.17) is 14.2 Å². The first-order valence-electron chi connectivity index (χ1n) is 26.7. The number of ether oxygens (including phenoxy) is 3. The zero-order valence-corrected chi connectivity index (χ0v) is 41.1. The molecule has 0 aromatic rings. The first kappa shape index (κ1) is 59.4. The molecule has 1 atom stereocenters. The van der Waals surface area contributed by atoms with Crippen molar-refractivity contribution in [1.82, 2.24) is 0 Å². The number of carbonyl (C=O) groups excluding carboxylic acids is 3. The van der Waals surface area contributed by atoms with Crippen molar-refractivity contribution in [3.8, 4) is 0 Å². The lowest BCUT2D eigenvalue weighted by Gasteiger charge is -2.18. The third-order valence-corrected chi connectivity index (χ3v) is 11.7. The zero-order valence-electron chi connectivity index (χ0n) is 41.1. The van der Waals surface area contributed by atoms with Crippen LogP contribution in [-0.4, -0.2) is 37.2 Å². The van der Waals surface area contributed by atoms with Crippen molar-refractivity contribution in [2.75, 3.05) is 13.2 Å². The van der Waals surface area contributed by atoms with Crippen molar-refractivity contribution in [2.45, 2.75) is 277 Å². The van der Waals surface area contributed by atoms with Crippen LogP contribution in [0, 0.1) is 0 Å². The lowest BCUT2D eigenvalue weighted by molar-refractivity contribution is -0.167. The molecule has 0 saturated carbocycles. The first-order valence-corrected chi connectivity index (χ1v) is 26.7. The molecule has 0 rings (SSSR count). The Morgan fingerprint density at radius 2 is 0.629 bits per heavy atom. The molecule has 0 amide bonds. The second-order valence-electron chi connectivity index (χ2n) is 17.9. The summed E-state index contributed by atoms with van der Waals surface area (Å²) in [6.07, 6.45) is 61.0. The molecule has 0 aliphatic rings. The average Bonchev–Trinajstić information content (AvgIpc) is 3.27. The Morgan fingerprint density at radius 3 is 0.984 bits per heavy atom. The van der Waals surface area contributed by atoms with E-state index in [1.165, 1.54) is 161 Å². The van der Waals surface area contributed by atoms with Crippen LogP contribution in [0.2, 0.25) is 0 Å². The van der Waals surface area contributed by atoms with E-state index < -0.39 is 6.10 Å². The van der Waals surface area contributed by atoms with Gasteiger partial charge in [0, 0.05) is 19.3 Å². The molecule has 0 N–H and O–H groups in total. The molecule has 1 unspecified atom stereocenters. The lowest BCUT2D eigenvalue weighted by Crippen LogP contribution is -2.30. The summed E-state index contributed by atoms with van der Waals surface area (Å²) in [6, 6.07) is 0. The third kappa shape index (κ3) is 48.4. The summed E-state index contributed by atoms with van der Waals surface area (Å²) in [4.78, 5) is 38.0. The normalized spacial score (nSPS) is 12.4. The van der Waals surface area contributed by atoms with Crippen molar-refractivity contribution in [3.63, 3.8) is 0 Å². The Morgan fingerprint density at radius 1 is 0.339 bits per heavy atom. The van der Waals surface area contributed by atoms with E-state index in [1.54, 1.807) is 0 Å². The molecule has 0 aliphatic carbocycles. The fraction of sp³-hybridized carbons (Fsp3) is 0.804. The summed E-state index contributed by atoms with van der Waals surface area (Å²) in [5.74, 6) is -0.910. The molecule has 62 heavy (non-hydrogen) atoms. The number of hydrogen-bond acceptors (Lipinski definition) is 6. The van der Waals surface area contributed by atoms with Crippen LogP contribution in [0.5, 0.6) is 0 Å². The Labute approximate surface area is 384 Å². The number of carbonyl (C=O) groups is 3. The van der Waals surface area contributed by atoms with E-state index in [2.05, 4.69) is 39.0 Å². The van der Waals surface area contributed by atoms with Gasteiger partial charge in [0.25, 0.3) is 0 Å². The van der Waals surface area contributed by atoms with E-state index >= 15 is 0 Å². The van der Waals surface area contributed by atoms with E-state index in [-0.39, 0.29) is 31.1 Å². The molecule has 6 nitrogen and oxygen atoms in total. The molecule has 0 aromatic carbocycles. The highest BCUT2D eigenvalue weighted by atomic mass is 16.6. The Balaban J connectivity index is 4.37. The molecule has 0 spiro atoms. The largest absolute Gasteiger partial charge is 0.462 e.